The molecule has 1 aromatic carbocycles. The average molecular weight is 232 g/mol. The van der Waals surface area contributed by atoms with Gasteiger partial charge >= 0.3 is 5.76 Å². The molecule has 0 unspecified atom stereocenters. The number of oxazole rings is 1. The van der Waals surface area contributed by atoms with Gasteiger partial charge in [0.15, 0.2) is 5.58 Å². The second-order valence-electron chi connectivity index (χ2n) is 3.61. The Bertz CT molecular complexity index is 622. The second-order valence-corrected chi connectivity index (χ2v) is 3.61. The van der Waals surface area contributed by atoms with Gasteiger partial charge in [-0.15, -0.1) is 0 Å². The number of nitrogens with one attached hydrogen (secondary N) is 2. The van der Waals surface area contributed by atoms with Crippen molar-refractivity contribution >= 4 is 23.1 Å². The lowest BCUT2D eigenvalue weighted by molar-refractivity contribution is -0.118. The summed E-state index contributed by atoms with van der Waals surface area (Å²) in [5.74, 6) is -0.527. The van der Waals surface area contributed by atoms with E-state index in [1.54, 1.807) is 12.1 Å². The van der Waals surface area contributed by atoms with Crippen molar-refractivity contribution in [2.45, 2.75) is 6.92 Å². The van der Waals surface area contributed by atoms with Crippen LogP contribution in [-0.4, -0.2) is 17.4 Å². The van der Waals surface area contributed by atoms with Crippen LogP contribution < -0.4 is 11.1 Å². The Morgan fingerprint density at radius 1 is 1.53 bits per heavy atom. The van der Waals surface area contributed by atoms with Crippen molar-refractivity contribution in [1.29, 1.82) is 0 Å². The number of fused-ring (bicyclic) bond motifs is 1. The van der Waals surface area contributed by atoms with Crippen LogP contribution in [0, 0.1) is 0 Å². The minimum absolute atomic E-state index is 0.0678. The first-order chi connectivity index (χ1) is 8.15. The minimum atomic E-state index is -0.459. The van der Waals surface area contributed by atoms with Crippen LogP contribution in [0.1, 0.15) is 12.5 Å². The molecule has 5 heteroatoms. The van der Waals surface area contributed by atoms with Gasteiger partial charge in [0.1, 0.15) is 0 Å². The van der Waals surface area contributed by atoms with Gasteiger partial charge < -0.3 is 9.73 Å². The fraction of sp³-hybridized carbons (Fsp3) is 0.167. The summed E-state index contributed by atoms with van der Waals surface area (Å²) in [5, 5.41) is 2.65. The average Bonchev–Trinajstić information content (AvgIpc) is 2.63. The fourth-order valence-electron chi connectivity index (χ4n) is 1.46. The second kappa shape index (κ2) is 4.69. The van der Waals surface area contributed by atoms with Crippen molar-refractivity contribution in [3.8, 4) is 0 Å². The smallest absolute Gasteiger partial charge is 0.408 e. The maximum atomic E-state index is 10.9. The highest BCUT2D eigenvalue weighted by atomic mass is 16.4. The van der Waals surface area contributed by atoms with Gasteiger partial charge in [0.25, 0.3) is 0 Å². The lowest BCUT2D eigenvalue weighted by Gasteiger charge is -1.95. The van der Waals surface area contributed by atoms with Crippen LogP contribution in [0.25, 0.3) is 17.2 Å². The standard InChI is InChI=1S/C12H12N2O3/c1-8(15)13-6-2-3-9-4-5-10-11(7-9)17-12(16)14-10/h2-5,7H,6H2,1H3,(H,13,15)(H,14,16). The van der Waals surface area contributed by atoms with E-state index in [-0.39, 0.29) is 5.91 Å². The molecule has 2 N–H and O–H groups in total. The van der Waals surface area contributed by atoms with E-state index < -0.39 is 5.76 Å². The number of aromatic nitrogens is 1. The van der Waals surface area contributed by atoms with Gasteiger partial charge in [0.05, 0.1) is 5.52 Å². The van der Waals surface area contributed by atoms with Crippen molar-refractivity contribution in [3.05, 3.63) is 40.4 Å². The fourth-order valence-corrected chi connectivity index (χ4v) is 1.46. The zero-order chi connectivity index (χ0) is 12.3. The SMILES string of the molecule is CC(=O)NCC=Cc1ccc2[nH]c(=O)oc2c1. The van der Waals surface area contributed by atoms with Crippen LogP contribution in [-0.2, 0) is 4.79 Å². The molecule has 17 heavy (non-hydrogen) atoms. The zero-order valence-corrected chi connectivity index (χ0v) is 9.32. The predicted octanol–water partition coefficient (Wildman–Crippen LogP) is 1.27. The summed E-state index contributed by atoms with van der Waals surface area (Å²) in [6, 6.07) is 5.40. The number of H-pyrrole nitrogens is 1. The number of rotatable bonds is 3. The summed E-state index contributed by atoms with van der Waals surface area (Å²) < 4.78 is 4.94. The Morgan fingerprint density at radius 2 is 2.35 bits per heavy atom. The highest BCUT2D eigenvalue weighted by Gasteiger charge is 1.99. The Kier molecular flexibility index (Phi) is 3.09. The van der Waals surface area contributed by atoms with Gasteiger partial charge in [-0.2, -0.15) is 0 Å². The lowest BCUT2D eigenvalue weighted by atomic mass is 10.2. The normalized spacial score (nSPS) is 11.1. The number of hydrogen-bond donors (Lipinski definition) is 2. The van der Waals surface area contributed by atoms with Gasteiger partial charge in [-0.05, 0) is 17.7 Å². The van der Waals surface area contributed by atoms with Gasteiger partial charge in [0.2, 0.25) is 5.91 Å². The number of aromatic amines is 1. The molecule has 0 aliphatic heterocycles. The summed E-state index contributed by atoms with van der Waals surface area (Å²) in [6.07, 6.45) is 3.68. The van der Waals surface area contributed by atoms with Crippen LogP contribution in [0.2, 0.25) is 0 Å². The van der Waals surface area contributed by atoms with Crippen LogP contribution in [0.5, 0.6) is 0 Å². The summed E-state index contributed by atoms with van der Waals surface area (Å²) >= 11 is 0. The van der Waals surface area contributed by atoms with E-state index in [2.05, 4.69) is 10.3 Å². The molecule has 0 atom stereocenters. The van der Waals surface area contributed by atoms with Crippen molar-refractivity contribution in [2.75, 3.05) is 6.54 Å². The zero-order valence-electron chi connectivity index (χ0n) is 9.32. The first-order valence-corrected chi connectivity index (χ1v) is 5.19. The number of carbonyl (C=O) groups is 1. The Morgan fingerprint density at radius 3 is 3.12 bits per heavy atom. The molecule has 2 rings (SSSR count). The van der Waals surface area contributed by atoms with Crippen molar-refractivity contribution in [3.63, 3.8) is 0 Å². The van der Waals surface area contributed by atoms with Gasteiger partial charge in [-0.25, -0.2) is 4.79 Å². The molecule has 0 spiro atoms. The molecule has 88 valence electrons. The van der Waals surface area contributed by atoms with E-state index in [4.69, 9.17) is 4.42 Å². The Labute approximate surface area is 97.1 Å². The molecule has 0 bridgehead atoms. The molecule has 2 aromatic rings. The van der Waals surface area contributed by atoms with Crippen molar-refractivity contribution < 1.29 is 9.21 Å². The number of carbonyl (C=O) groups excluding carboxylic acids is 1. The largest absolute Gasteiger partial charge is 0.417 e. The number of hydrogen-bond acceptors (Lipinski definition) is 3. The minimum Gasteiger partial charge on any atom is -0.408 e. The quantitative estimate of drug-likeness (QED) is 0.836. The van der Waals surface area contributed by atoms with E-state index in [0.29, 0.717) is 17.6 Å². The molecular formula is C12H12N2O3. The maximum absolute atomic E-state index is 10.9. The highest BCUT2D eigenvalue weighted by Crippen LogP contribution is 2.13. The third-order valence-corrected chi connectivity index (χ3v) is 2.22. The maximum Gasteiger partial charge on any atom is 0.417 e. The van der Waals surface area contributed by atoms with E-state index >= 15 is 0 Å². The molecule has 0 fully saturated rings. The Balaban J connectivity index is 2.13. The molecule has 5 nitrogen and oxygen atoms in total. The van der Waals surface area contributed by atoms with Crippen LogP contribution >= 0.6 is 0 Å². The molecule has 1 heterocycles. The summed E-state index contributed by atoms with van der Waals surface area (Å²) in [4.78, 5) is 24.1. The Hall–Kier alpha value is -2.30. The topological polar surface area (TPSA) is 75.1 Å². The molecule has 1 amide bonds. The van der Waals surface area contributed by atoms with Crippen LogP contribution in [0.4, 0.5) is 0 Å². The van der Waals surface area contributed by atoms with Crippen molar-refractivity contribution in [1.82, 2.24) is 10.3 Å². The molecule has 0 saturated carbocycles. The first kappa shape index (κ1) is 11.2. The van der Waals surface area contributed by atoms with Crippen LogP contribution in [0.3, 0.4) is 0 Å². The summed E-state index contributed by atoms with van der Waals surface area (Å²) in [5.41, 5.74) is 2.11. The molecule has 0 aliphatic rings. The summed E-state index contributed by atoms with van der Waals surface area (Å²) in [7, 11) is 0. The molecule has 1 aromatic heterocycles. The molecule has 0 saturated heterocycles. The first-order valence-electron chi connectivity index (χ1n) is 5.19. The number of benzene rings is 1. The highest BCUT2D eigenvalue weighted by molar-refractivity contribution is 5.76. The number of amides is 1. The van der Waals surface area contributed by atoms with Gasteiger partial charge in [-0.1, -0.05) is 18.2 Å². The van der Waals surface area contributed by atoms with E-state index in [9.17, 15) is 9.59 Å². The van der Waals surface area contributed by atoms with Crippen molar-refractivity contribution in [2.24, 2.45) is 0 Å². The predicted molar refractivity (Wildman–Crippen MR) is 64.6 cm³/mol. The molecule has 0 radical (unpaired) electrons. The van der Waals surface area contributed by atoms with Crippen LogP contribution in [0.15, 0.2) is 33.5 Å². The van der Waals surface area contributed by atoms with Gasteiger partial charge in [0, 0.05) is 13.5 Å². The lowest BCUT2D eigenvalue weighted by Crippen LogP contribution is -2.19. The van der Waals surface area contributed by atoms with E-state index in [1.807, 2.05) is 18.2 Å². The van der Waals surface area contributed by atoms with E-state index in [1.165, 1.54) is 6.92 Å². The molecule has 0 aliphatic carbocycles. The monoisotopic (exact) mass is 232 g/mol. The van der Waals surface area contributed by atoms with E-state index in [0.717, 1.165) is 5.56 Å². The summed E-state index contributed by atoms with van der Waals surface area (Å²) in [6.45, 7) is 1.94. The third kappa shape index (κ3) is 2.84. The van der Waals surface area contributed by atoms with Gasteiger partial charge in [-0.3, -0.25) is 9.78 Å². The third-order valence-electron chi connectivity index (χ3n) is 2.22. The molecular weight excluding hydrogens is 220 g/mol.